The summed E-state index contributed by atoms with van der Waals surface area (Å²) >= 11 is 0. The lowest BCUT2D eigenvalue weighted by Crippen LogP contribution is -2.61. The van der Waals surface area contributed by atoms with Crippen LogP contribution in [0.1, 0.15) is 19.3 Å². The molecule has 1 aromatic carbocycles. The Bertz CT molecular complexity index is 750. The van der Waals surface area contributed by atoms with Crippen molar-refractivity contribution in [3.8, 4) is 0 Å². The van der Waals surface area contributed by atoms with Crippen LogP contribution in [0.15, 0.2) is 24.3 Å². The Balaban J connectivity index is 1.31. The molecule has 0 radical (unpaired) electrons. The lowest BCUT2D eigenvalue weighted by molar-refractivity contribution is -0.133. The molecule has 3 aliphatic rings. The van der Waals surface area contributed by atoms with Crippen LogP contribution in [0, 0.1) is 0 Å². The first kappa shape index (κ1) is 20.0. The number of hydrogen-bond acceptors (Lipinski definition) is 6. The molecule has 3 fully saturated rings. The number of amides is 2. The number of piperazine rings is 1. The summed E-state index contributed by atoms with van der Waals surface area (Å²) in [5.41, 5.74) is 1.85. The van der Waals surface area contributed by atoms with Gasteiger partial charge in [-0.25, -0.2) is 8.78 Å². The molecule has 3 aliphatic heterocycles. The van der Waals surface area contributed by atoms with Gasteiger partial charge in [0.15, 0.2) is 0 Å². The predicted molar refractivity (Wildman–Crippen MR) is 106 cm³/mol. The van der Waals surface area contributed by atoms with E-state index in [4.69, 9.17) is 0 Å². The lowest BCUT2D eigenvalue weighted by atomic mass is 9.99. The first-order valence-electron chi connectivity index (χ1n) is 10.2. The topological polar surface area (TPSA) is 76.7 Å². The van der Waals surface area contributed by atoms with Crippen molar-refractivity contribution < 1.29 is 18.4 Å². The fourth-order valence-electron chi connectivity index (χ4n) is 4.37. The minimum absolute atomic E-state index is 0.232. The van der Waals surface area contributed by atoms with E-state index in [0.717, 1.165) is 11.4 Å². The molecule has 3 saturated heterocycles. The Morgan fingerprint density at radius 3 is 2.41 bits per heavy atom. The Kier molecular flexibility index (Phi) is 5.69. The van der Waals surface area contributed by atoms with Crippen molar-refractivity contribution in [3.63, 3.8) is 0 Å². The SMILES string of the molecule is O=C1CCC(Nc2ccc(N3CCN([C@@H]4CCNCC4(F)F)CC3)cc2)C(=O)N1. The van der Waals surface area contributed by atoms with Crippen LogP contribution in [0.2, 0.25) is 0 Å². The predicted octanol–water partition coefficient (Wildman–Crippen LogP) is 1.02. The van der Waals surface area contributed by atoms with Crippen LogP contribution in [0.5, 0.6) is 0 Å². The minimum atomic E-state index is -2.68. The third-order valence-corrected chi connectivity index (χ3v) is 6.01. The first-order chi connectivity index (χ1) is 13.9. The van der Waals surface area contributed by atoms with Crippen LogP contribution >= 0.6 is 0 Å². The van der Waals surface area contributed by atoms with E-state index < -0.39 is 18.0 Å². The van der Waals surface area contributed by atoms with Gasteiger partial charge in [0.25, 0.3) is 5.92 Å². The molecule has 0 aliphatic carbocycles. The number of benzene rings is 1. The van der Waals surface area contributed by atoms with Gasteiger partial charge >= 0.3 is 0 Å². The van der Waals surface area contributed by atoms with Gasteiger partial charge in [0.1, 0.15) is 6.04 Å². The number of alkyl halides is 2. The number of nitrogens with zero attached hydrogens (tertiary/aromatic N) is 2. The van der Waals surface area contributed by atoms with Crippen molar-refractivity contribution in [2.24, 2.45) is 0 Å². The van der Waals surface area contributed by atoms with Crippen molar-refractivity contribution in [1.29, 1.82) is 0 Å². The summed E-state index contributed by atoms with van der Waals surface area (Å²) < 4.78 is 28.4. The average Bonchev–Trinajstić information content (AvgIpc) is 2.71. The summed E-state index contributed by atoms with van der Waals surface area (Å²) in [4.78, 5) is 27.2. The zero-order valence-corrected chi connectivity index (χ0v) is 16.3. The van der Waals surface area contributed by atoms with E-state index >= 15 is 0 Å². The third-order valence-electron chi connectivity index (χ3n) is 6.01. The molecule has 3 N–H and O–H groups in total. The molecular weight excluding hydrogens is 380 g/mol. The Labute approximate surface area is 168 Å². The molecule has 1 aromatic rings. The van der Waals surface area contributed by atoms with Gasteiger partial charge in [-0.05, 0) is 43.7 Å². The second-order valence-electron chi connectivity index (χ2n) is 7.96. The number of carbonyl (C=O) groups excluding carboxylic acids is 2. The highest BCUT2D eigenvalue weighted by atomic mass is 19.3. The molecule has 0 bridgehead atoms. The van der Waals surface area contributed by atoms with E-state index in [1.165, 1.54) is 0 Å². The number of hydrogen-bond donors (Lipinski definition) is 3. The van der Waals surface area contributed by atoms with E-state index in [0.29, 0.717) is 52.0 Å². The second-order valence-corrected chi connectivity index (χ2v) is 7.96. The van der Waals surface area contributed by atoms with E-state index in [2.05, 4.69) is 20.9 Å². The summed E-state index contributed by atoms with van der Waals surface area (Å²) in [6.07, 6.45) is 1.30. The highest BCUT2D eigenvalue weighted by molar-refractivity contribution is 6.01. The Morgan fingerprint density at radius 1 is 1.03 bits per heavy atom. The summed E-state index contributed by atoms with van der Waals surface area (Å²) in [6, 6.07) is 6.69. The fourth-order valence-corrected chi connectivity index (χ4v) is 4.37. The van der Waals surface area contributed by atoms with Gasteiger partial charge in [-0.3, -0.25) is 19.8 Å². The van der Waals surface area contributed by atoms with E-state index in [1.54, 1.807) is 0 Å². The fraction of sp³-hybridized carbons (Fsp3) is 0.600. The Hall–Kier alpha value is -2.26. The van der Waals surface area contributed by atoms with E-state index in [-0.39, 0.29) is 18.4 Å². The Morgan fingerprint density at radius 2 is 1.76 bits per heavy atom. The van der Waals surface area contributed by atoms with Crippen molar-refractivity contribution >= 4 is 23.2 Å². The number of nitrogens with one attached hydrogen (secondary N) is 3. The van der Waals surface area contributed by atoms with Gasteiger partial charge in [-0.2, -0.15) is 0 Å². The number of imide groups is 1. The molecule has 0 aromatic heterocycles. The maximum Gasteiger partial charge on any atom is 0.275 e. The molecule has 1 unspecified atom stereocenters. The molecule has 9 heteroatoms. The van der Waals surface area contributed by atoms with Crippen molar-refractivity contribution in [1.82, 2.24) is 15.5 Å². The maximum atomic E-state index is 14.2. The smallest absolute Gasteiger partial charge is 0.275 e. The molecule has 7 nitrogen and oxygen atoms in total. The highest BCUT2D eigenvalue weighted by Gasteiger charge is 2.45. The van der Waals surface area contributed by atoms with Gasteiger partial charge in [-0.15, -0.1) is 0 Å². The number of carbonyl (C=O) groups is 2. The average molecular weight is 407 g/mol. The third kappa shape index (κ3) is 4.51. The summed E-state index contributed by atoms with van der Waals surface area (Å²) in [6.45, 7) is 3.06. The number of anilines is 2. The number of halogens is 2. The summed E-state index contributed by atoms with van der Waals surface area (Å²) in [5, 5.41) is 8.28. The maximum absolute atomic E-state index is 14.2. The molecule has 0 spiro atoms. The van der Waals surface area contributed by atoms with Crippen molar-refractivity contribution in [2.45, 2.75) is 37.3 Å². The first-order valence-corrected chi connectivity index (χ1v) is 10.2. The monoisotopic (exact) mass is 407 g/mol. The van der Waals surface area contributed by atoms with Gasteiger partial charge in [0, 0.05) is 44.0 Å². The summed E-state index contributed by atoms with van der Waals surface area (Å²) in [5.74, 6) is -3.20. The molecule has 0 saturated carbocycles. The van der Waals surface area contributed by atoms with E-state index in [1.807, 2.05) is 29.2 Å². The molecule has 4 rings (SSSR count). The van der Waals surface area contributed by atoms with Crippen molar-refractivity contribution in [2.75, 3.05) is 49.5 Å². The van der Waals surface area contributed by atoms with Gasteiger partial charge in [-0.1, -0.05) is 0 Å². The van der Waals surface area contributed by atoms with Crippen LogP contribution in [-0.2, 0) is 9.59 Å². The van der Waals surface area contributed by atoms with Crippen molar-refractivity contribution in [3.05, 3.63) is 24.3 Å². The minimum Gasteiger partial charge on any atom is -0.374 e. The standard InChI is InChI=1S/C20H27F2N5O2/c21-20(22)13-23-8-7-17(20)27-11-9-26(10-12-27)15-3-1-14(2-4-15)24-16-5-6-18(28)25-19(16)29/h1-4,16-17,23-24H,5-13H2,(H,25,28,29)/t16?,17-/m1/s1. The second kappa shape index (κ2) is 8.23. The largest absolute Gasteiger partial charge is 0.374 e. The number of rotatable bonds is 4. The summed E-state index contributed by atoms with van der Waals surface area (Å²) in [7, 11) is 0. The molecule has 29 heavy (non-hydrogen) atoms. The lowest BCUT2D eigenvalue weighted by Gasteiger charge is -2.44. The quantitative estimate of drug-likeness (QED) is 0.647. The van der Waals surface area contributed by atoms with Gasteiger partial charge in [0.05, 0.1) is 12.6 Å². The zero-order chi connectivity index (χ0) is 20.4. The molecular formula is C20H27F2N5O2. The zero-order valence-electron chi connectivity index (χ0n) is 16.3. The van der Waals surface area contributed by atoms with Crippen LogP contribution < -0.4 is 20.9 Å². The highest BCUT2D eigenvalue weighted by Crippen LogP contribution is 2.29. The van der Waals surface area contributed by atoms with Gasteiger partial charge < -0.3 is 15.5 Å². The molecule has 2 atom stereocenters. The number of piperidine rings is 2. The normalized spacial score (nSPS) is 28.1. The van der Waals surface area contributed by atoms with Crippen LogP contribution in [0.3, 0.4) is 0 Å². The van der Waals surface area contributed by atoms with Crippen LogP contribution in [0.25, 0.3) is 0 Å². The van der Waals surface area contributed by atoms with Crippen LogP contribution in [-0.4, -0.2) is 74.0 Å². The molecule has 3 heterocycles. The van der Waals surface area contributed by atoms with Crippen LogP contribution in [0.4, 0.5) is 20.2 Å². The van der Waals surface area contributed by atoms with E-state index in [9.17, 15) is 18.4 Å². The molecule has 2 amide bonds. The van der Waals surface area contributed by atoms with Gasteiger partial charge in [0.2, 0.25) is 11.8 Å². The molecule has 158 valence electrons.